The second-order valence-electron chi connectivity index (χ2n) is 8.51. The maximum Gasteiger partial charge on any atom is 0.303 e. The van der Waals surface area contributed by atoms with Gasteiger partial charge >= 0.3 is 5.97 Å². The van der Waals surface area contributed by atoms with Crippen LogP contribution in [-0.4, -0.2) is 28.0 Å². The first kappa shape index (κ1) is 25.3. The molecule has 0 unspecified atom stereocenters. The van der Waals surface area contributed by atoms with Crippen LogP contribution < -0.4 is 0 Å². The Hall–Kier alpha value is -2.34. The fourth-order valence-electron chi connectivity index (χ4n) is 4.13. The van der Waals surface area contributed by atoms with Gasteiger partial charge in [-0.2, -0.15) is 0 Å². The van der Waals surface area contributed by atoms with Crippen molar-refractivity contribution in [1.82, 2.24) is 4.57 Å². The molecule has 5 nitrogen and oxygen atoms in total. The highest BCUT2D eigenvalue weighted by Gasteiger charge is 2.23. The lowest BCUT2D eigenvalue weighted by Crippen LogP contribution is -2.13. The van der Waals surface area contributed by atoms with Crippen LogP contribution in [0.15, 0.2) is 42.5 Å². The second-order valence-corrected chi connectivity index (χ2v) is 9.39. The Kier molecular flexibility index (Phi) is 8.95. The molecule has 0 spiro atoms. The smallest absolute Gasteiger partial charge is 0.303 e. The fraction of sp³-hybridized carbons (Fsp3) is 0.385. The molecule has 1 aromatic heterocycles. The topological polar surface area (TPSA) is 68.5 Å². The highest BCUT2D eigenvalue weighted by atomic mass is 35.5. The van der Waals surface area contributed by atoms with Crippen molar-refractivity contribution in [1.29, 1.82) is 0 Å². The summed E-state index contributed by atoms with van der Waals surface area (Å²) in [6, 6.07) is 13.3. The number of halogens is 2. The number of rotatable bonds is 12. The zero-order valence-corrected chi connectivity index (χ0v) is 20.5. The first-order valence-electron chi connectivity index (χ1n) is 11.1. The molecule has 0 aliphatic heterocycles. The minimum atomic E-state index is -0.905. The van der Waals surface area contributed by atoms with E-state index in [9.17, 15) is 9.59 Å². The van der Waals surface area contributed by atoms with Crippen molar-refractivity contribution >= 4 is 45.9 Å². The van der Waals surface area contributed by atoms with Gasteiger partial charge in [0, 0.05) is 53.0 Å². The maximum atomic E-state index is 13.2. The number of ketones is 1. The number of fused-ring (bicyclic) bond motifs is 1. The number of aliphatic carboxylic acids is 1. The van der Waals surface area contributed by atoms with Crippen LogP contribution in [-0.2, 0) is 29.6 Å². The van der Waals surface area contributed by atoms with Crippen molar-refractivity contribution in [3.05, 3.63) is 69.3 Å². The average Bonchev–Trinajstić information content (AvgIpc) is 3.01. The lowest BCUT2D eigenvalue weighted by atomic mass is 9.95. The largest absolute Gasteiger partial charge is 0.481 e. The molecule has 0 saturated carbocycles. The third kappa shape index (κ3) is 6.83. The predicted octanol–water partition coefficient (Wildman–Crippen LogP) is 6.71. The zero-order chi connectivity index (χ0) is 24.0. The molecular formula is C26H29Cl2NO4. The fourth-order valence-corrected chi connectivity index (χ4v) is 4.52. The molecular weight excluding hydrogens is 461 g/mol. The minimum Gasteiger partial charge on any atom is -0.481 e. The summed E-state index contributed by atoms with van der Waals surface area (Å²) >= 11 is 12.3. The van der Waals surface area contributed by atoms with Crippen molar-refractivity contribution in [2.75, 3.05) is 6.61 Å². The number of nitrogens with zero attached hydrogens (tertiary/aromatic N) is 1. The van der Waals surface area contributed by atoms with Crippen LogP contribution in [0.2, 0.25) is 10.0 Å². The Balaban J connectivity index is 1.68. The van der Waals surface area contributed by atoms with Crippen molar-refractivity contribution in [3.8, 4) is 0 Å². The van der Waals surface area contributed by atoms with Gasteiger partial charge in [-0.3, -0.25) is 9.59 Å². The molecule has 0 fully saturated rings. The summed E-state index contributed by atoms with van der Waals surface area (Å²) in [7, 11) is 1.91. The highest BCUT2D eigenvalue weighted by Crippen LogP contribution is 2.31. The second kappa shape index (κ2) is 11.7. The number of hydrogen-bond acceptors (Lipinski definition) is 3. The van der Waals surface area contributed by atoms with E-state index >= 15 is 0 Å². The first-order valence-corrected chi connectivity index (χ1v) is 11.9. The van der Waals surface area contributed by atoms with E-state index in [0.717, 1.165) is 40.9 Å². The van der Waals surface area contributed by atoms with Gasteiger partial charge in [0.05, 0.1) is 12.3 Å². The summed E-state index contributed by atoms with van der Waals surface area (Å²) in [6.45, 7) is 2.65. The van der Waals surface area contributed by atoms with Gasteiger partial charge in [-0.15, -0.1) is 0 Å². The lowest BCUT2D eigenvalue weighted by Gasteiger charge is -2.11. The Morgan fingerprint density at radius 1 is 1.06 bits per heavy atom. The van der Waals surface area contributed by atoms with Crippen LogP contribution >= 0.6 is 23.2 Å². The number of carbonyl (C=O) groups excluding carboxylic acids is 1. The number of benzene rings is 2. The normalized spacial score (nSPS) is 12.2. The molecule has 1 heterocycles. The van der Waals surface area contributed by atoms with Gasteiger partial charge in [0.15, 0.2) is 5.78 Å². The van der Waals surface area contributed by atoms with E-state index < -0.39 is 5.97 Å². The van der Waals surface area contributed by atoms with Crippen molar-refractivity contribution < 1.29 is 19.4 Å². The van der Waals surface area contributed by atoms with Gasteiger partial charge < -0.3 is 14.4 Å². The average molecular weight is 490 g/mol. The van der Waals surface area contributed by atoms with Crippen molar-refractivity contribution in [2.24, 2.45) is 13.0 Å². The molecule has 1 atom stereocenters. The number of aromatic nitrogens is 1. The third-order valence-electron chi connectivity index (χ3n) is 5.75. The Morgan fingerprint density at radius 2 is 1.82 bits per heavy atom. The van der Waals surface area contributed by atoms with E-state index in [1.54, 1.807) is 19.1 Å². The molecule has 0 saturated heterocycles. The number of Topliss-reactive ketones (excluding diaryl/α,β-unsaturated/α-hetero) is 1. The number of unbranched alkanes of at least 4 members (excludes halogenated alkanes) is 1. The molecule has 0 bridgehead atoms. The molecule has 7 heteroatoms. The summed E-state index contributed by atoms with van der Waals surface area (Å²) in [6.07, 6.45) is 2.91. The monoisotopic (exact) mass is 489 g/mol. The summed E-state index contributed by atoms with van der Waals surface area (Å²) < 4.78 is 7.92. The van der Waals surface area contributed by atoms with E-state index in [4.69, 9.17) is 33.0 Å². The van der Waals surface area contributed by atoms with Gasteiger partial charge in [-0.1, -0.05) is 42.3 Å². The number of aryl methyl sites for hydroxylation is 2. The Labute approximate surface area is 204 Å². The molecule has 0 aliphatic rings. The molecule has 3 rings (SSSR count). The standard InChI is InChI=1S/C26H29Cl2NO4/c1-17(13-25(31)32)12-24(30)26-21-15-20(28)9-10-22(21)29(2)23(26)16-33-11-4-3-6-18-7-5-8-19(27)14-18/h5,7-10,14-15,17H,3-4,6,11-13,16H2,1-2H3,(H,31,32)/t17-/m0/s1. The van der Waals surface area contributed by atoms with E-state index in [0.29, 0.717) is 23.8 Å². The van der Waals surface area contributed by atoms with E-state index in [1.165, 1.54) is 5.56 Å². The number of carbonyl (C=O) groups is 2. The first-order chi connectivity index (χ1) is 15.8. The van der Waals surface area contributed by atoms with Crippen molar-refractivity contribution in [2.45, 2.75) is 45.6 Å². The van der Waals surface area contributed by atoms with Gasteiger partial charge in [-0.05, 0) is 61.1 Å². The Bertz CT molecular complexity index is 1140. The van der Waals surface area contributed by atoms with E-state index in [2.05, 4.69) is 6.07 Å². The predicted molar refractivity (Wildman–Crippen MR) is 132 cm³/mol. The molecule has 0 aliphatic carbocycles. The summed E-state index contributed by atoms with van der Waals surface area (Å²) in [5.41, 5.74) is 3.46. The quantitative estimate of drug-likeness (QED) is 0.226. The van der Waals surface area contributed by atoms with Crippen LogP contribution in [0, 0.1) is 5.92 Å². The number of carboxylic acid groups (broad SMARTS) is 1. The molecule has 1 N–H and O–H groups in total. The van der Waals surface area contributed by atoms with Gasteiger partial charge in [0.1, 0.15) is 0 Å². The highest BCUT2D eigenvalue weighted by molar-refractivity contribution is 6.31. The third-order valence-corrected chi connectivity index (χ3v) is 6.22. The van der Waals surface area contributed by atoms with E-state index in [-0.39, 0.29) is 24.5 Å². The lowest BCUT2D eigenvalue weighted by molar-refractivity contribution is -0.137. The van der Waals surface area contributed by atoms with Crippen LogP contribution in [0.1, 0.15) is 54.2 Å². The summed E-state index contributed by atoms with van der Waals surface area (Å²) in [5.74, 6) is -1.25. The van der Waals surface area contributed by atoms with Gasteiger partial charge in [-0.25, -0.2) is 0 Å². The number of carboxylic acids is 1. The van der Waals surface area contributed by atoms with Gasteiger partial charge in [0.25, 0.3) is 0 Å². The van der Waals surface area contributed by atoms with Crippen LogP contribution in [0.3, 0.4) is 0 Å². The van der Waals surface area contributed by atoms with Crippen LogP contribution in [0.4, 0.5) is 0 Å². The molecule has 0 amide bonds. The molecule has 2 aromatic carbocycles. The molecule has 3 aromatic rings. The molecule has 176 valence electrons. The molecule has 33 heavy (non-hydrogen) atoms. The van der Waals surface area contributed by atoms with Crippen LogP contribution in [0.25, 0.3) is 10.9 Å². The van der Waals surface area contributed by atoms with Crippen LogP contribution in [0.5, 0.6) is 0 Å². The number of hydrogen-bond donors (Lipinski definition) is 1. The molecule has 0 radical (unpaired) electrons. The zero-order valence-electron chi connectivity index (χ0n) is 18.9. The number of ether oxygens (including phenoxy) is 1. The van der Waals surface area contributed by atoms with Gasteiger partial charge in [0.2, 0.25) is 0 Å². The Morgan fingerprint density at radius 3 is 2.55 bits per heavy atom. The summed E-state index contributed by atoms with van der Waals surface area (Å²) in [4.78, 5) is 24.2. The van der Waals surface area contributed by atoms with Crippen molar-refractivity contribution in [3.63, 3.8) is 0 Å². The maximum absolute atomic E-state index is 13.2. The minimum absolute atomic E-state index is 0.0459. The van der Waals surface area contributed by atoms with E-state index in [1.807, 2.05) is 35.9 Å². The SMILES string of the molecule is C[C@H](CC(=O)O)CC(=O)c1c(COCCCCc2cccc(Cl)c2)n(C)c2ccc(Cl)cc12. The summed E-state index contributed by atoms with van der Waals surface area (Å²) in [5, 5.41) is 11.1.